The molecule has 1 heterocycles. The van der Waals surface area contributed by atoms with Crippen LogP contribution in [-0.2, 0) is 0 Å². The lowest BCUT2D eigenvalue weighted by molar-refractivity contribution is -0.254. The van der Waals surface area contributed by atoms with Gasteiger partial charge in [0.05, 0.1) is 30.6 Å². The quantitative estimate of drug-likeness (QED) is 0.0922. The van der Waals surface area contributed by atoms with E-state index in [4.69, 9.17) is 0 Å². The maximum absolute atomic E-state index is 10.5. The lowest BCUT2D eigenvalue weighted by atomic mass is 10.1. The van der Waals surface area contributed by atoms with E-state index in [0.717, 1.165) is 0 Å². The van der Waals surface area contributed by atoms with Crippen molar-refractivity contribution in [3.05, 3.63) is 23.8 Å². The largest absolute Gasteiger partial charge is 0.545 e. The van der Waals surface area contributed by atoms with Crippen LogP contribution in [-0.4, -0.2) is 46.0 Å². The molecule has 41 heavy (non-hydrogen) atoms. The number of hydrogen-bond acceptors (Lipinski definition) is 4. The molecule has 5 nitrogen and oxygen atoms in total. The number of nitrogens with zero attached hydrogens (tertiary/aromatic N) is 2. The van der Waals surface area contributed by atoms with Gasteiger partial charge in [-0.3, -0.25) is 0 Å². The molecule has 0 radical (unpaired) electrons. The summed E-state index contributed by atoms with van der Waals surface area (Å²) in [5.41, 5.74) is 0.912. The van der Waals surface area contributed by atoms with Crippen molar-refractivity contribution in [3.63, 3.8) is 0 Å². The highest BCUT2D eigenvalue weighted by atomic mass is 31.2. The average molecular weight is 590 g/mol. The number of para-hydroxylation sites is 1. The van der Waals surface area contributed by atoms with Crippen LogP contribution in [0.1, 0.15) is 166 Å². The van der Waals surface area contributed by atoms with Gasteiger partial charge in [0, 0.05) is 12.8 Å². The highest BCUT2D eigenvalue weighted by molar-refractivity contribution is 7.75. The Bertz CT molecular complexity index is 844. The van der Waals surface area contributed by atoms with Gasteiger partial charge in [0.2, 0.25) is 0 Å². The minimum Gasteiger partial charge on any atom is -0.545 e. The van der Waals surface area contributed by atoms with Crippen molar-refractivity contribution >= 4 is 24.3 Å². The first-order valence-corrected chi connectivity index (χ1v) is 19.9. The summed E-state index contributed by atoms with van der Waals surface area (Å²) in [4.78, 5) is 10.5. The number of nitrogens with one attached hydrogen (secondary N) is 1. The van der Waals surface area contributed by atoms with Gasteiger partial charge in [0.15, 0.2) is 0 Å². The minimum atomic E-state index is -1.24. The molecule has 0 aliphatic heterocycles. The second-order valence-corrected chi connectivity index (χ2v) is 16.6. The Morgan fingerprint density at radius 1 is 0.610 bits per heavy atom. The van der Waals surface area contributed by atoms with Crippen molar-refractivity contribution in [2.24, 2.45) is 0 Å². The number of aromatic amines is 1. The van der Waals surface area contributed by atoms with Crippen molar-refractivity contribution in [1.82, 2.24) is 15.4 Å². The number of H-pyrrole nitrogens is 1. The maximum atomic E-state index is 10.5. The first-order valence-electron chi connectivity index (χ1n) is 17.4. The monoisotopic (exact) mass is 589 g/mol. The Morgan fingerprint density at radius 2 is 1.02 bits per heavy atom. The standard InChI is InChI=1S/C28H60P.C7H5N3O2/c1-5-9-13-16-19-22-26-29(25-12-8-4,27-23-20-17-14-10-6-2)28-24-21-18-15-11-7-3;11-7(12)4-2-1-3-5-6(4)9-10-8-5/h5-28H2,1-4H3;1-3H,(H,11,12)(H,8,9,10)/q+1;/p-1. The number of carbonyl (C=O) groups is 1. The van der Waals surface area contributed by atoms with Crippen molar-refractivity contribution in [1.29, 1.82) is 0 Å². The van der Waals surface area contributed by atoms with Gasteiger partial charge in [-0.1, -0.05) is 123 Å². The maximum Gasteiger partial charge on any atom is 0.122 e. The molecule has 0 aliphatic carbocycles. The number of benzene rings is 1. The predicted octanol–water partition coefficient (Wildman–Crippen LogP) is 10.2. The van der Waals surface area contributed by atoms with Crippen LogP contribution in [0.5, 0.6) is 0 Å². The van der Waals surface area contributed by atoms with Crippen LogP contribution in [0.4, 0.5) is 0 Å². The fourth-order valence-electron chi connectivity index (χ4n) is 5.88. The fraction of sp³-hybridized carbons (Fsp3) is 0.800. The fourth-order valence-corrected chi connectivity index (χ4v) is 10.9. The van der Waals surface area contributed by atoms with Crippen LogP contribution in [0.25, 0.3) is 11.0 Å². The first-order chi connectivity index (χ1) is 20.0. The number of hydrogen-bond donors (Lipinski definition) is 1. The number of fused-ring (bicyclic) bond motifs is 1. The van der Waals surface area contributed by atoms with Crippen molar-refractivity contribution in [2.45, 2.75) is 156 Å². The molecule has 0 bridgehead atoms. The summed E-state index contributed by atoms with van der Waals surface area (Å²) in [5.74, 6) is -1.24. The molecule has 2 rings (SSSR count). The molecular weight excluding hydrogens is 525 g/mol. The SMILES string of the molecule is CCCCCCCC[P+](CCCC)(CCCCCCCC)CCCCCCCC.O=C([O-])c1cccc2n[nH]nc12. The first kappa shape index (κ1) is 37.5. The predicted molar refractivity (Wildman–Crippen MR) is 180 cm³/mol. The molecule has 1 aromatic carbocycles. The Labute approximate surface area is 253 Å². The number of aromatic carboxylic acids is 1. The molecule has 1 N–H and O–H groups in total. The van der Waals surface area contributed by atoms with E-state index in [9.17, 15) is 9.90 Å². The normalized spacial score (nSPS) is 11.5. The molecule has 6 heteroatoms. The topological polar surface area (TPSA) is 81.7 Å². The van der Waals surface area contributed by atoms with Crippen LogP contribution < -0.4 is 5.11 Å². The van der Waals surface area contributed by atoms with E-state index in [-0.39, 0.29) is 5.56 Å². The highest BCUT2D eigenvalue weighted by Crippen LogP contribution is 2.61. The van der Waals surface area contributed by atoms with Gasteiger partial charge in [0.1, 0.15) is 11.0 Å². The number of carboxylic acids is 1. The van der Waals surface area contributed by atoms with E-state index in [1.165, 1.54) is 115 Å². The van der Waals surface area contributed by atoms with Crippen LogP contribution in [0.3, 0.4) is 0 Å². The number of rotatable bonds is 25. The molecule has 0 aliphatic rings. The molecular formula is C35H64N3O2P. The Kier molecular flexibility index (Phi) is 22.9. The smallest absolute Gasteiger partial charge is 0.122 e. The van der Waals surface area contributed by atoms with Crippen molar-refractivity contribution in [3.8, 4) is 0 Å². The number of aromatic nitrogens is 3. The van der Waals surface area contributed by atoms with Gasteiger partial charge in [-0.15, -0.1) is 0 Å². The van der Waals surface area contributed by atoms with Crippen LogP contribution in [0.15, 0.2) is 18.2 Å². The molecule has 0 atom stereocenters. The van der Waals surface area contributed by atoms with E-state index in [2.05, 4.69) is 43.1 Å². The van der Waals surface area contributed by atoms with Gasteiger partial charge in [-0.2, -0.15) is 15.4 Å². The zero-order chi connectivity index (χ0) is 30.0. The molecule has 0 saturated carbocycles. The molecule has 236 valence electrons. The van der Waals surface area contributed by atoms with E-state index >= 15 is 0 Å². The van der Waals surface area contributed by atoms with Crippen LogP contribution in [0, 0.1) is 0 Å². The summed E-state index contributed by atoms with van der Waals surface area (Å²) in [6, 6.07) is 4.70. The number of carboxylic acid groups (broad SMARTS) is 1. The zero-order valence-electron chi connectivity index (χ0n) is 27.4. The molecule has 2 aromatic rings. The summed E-state index contributed by atoms with van der Waals surface area (Å²) in [5, 5.41) is 20.3. The molecule has 1 aromatic heterocycles. The van der Waals surface area contributed by atoms with Crippen molar-refractivity contribution < 1.29 is 9.90 Å². The van der Waals surface area contributed by atoms with E-state index in [1.54, 1.807) is 56.0 Å². The van der Waals surface area contributed by atoms with Gasteiger partial charge >= 0.3 is 0 Å². The second-order valence-electron chi connectivity index (χ2n) is 12.2. The Hall–Kier alpha value is -1.48. The van der Waals surface area contributed by atoms with Crippen LogP contribution >= 0.6 is 7.26 Å². The summed E-state index contributed by atoms with van der Waals surface area (Å²) < 4.78 is 0. The third-order valence-corrected chi connectivity index (χ3v) is 13.6. The molecule has 0 fully saturated rings. The summed E-state index contributed by atoms with van der Waals surface area (Å²) in [6.45, 7) is 9.42. The third kappa shape index (κ3) is 17.3. The van der Waals surface area contributed by atoms with Gasteiger partial charge in [-0.05, 0) is 51.0 Å². The summed E-state index contributed by atoms with van der Waals surface area (Å²) in [6.07, 6.45) is 36.1. The Morgan fingerprint density at radius 3 is 1.46 bits per heavy atom. The number of carbonyl (C=O) groups excluding carboxylic acids is 1. The van der Waals surface area contributed by atoms with Gasteiger partial charge in [-0.25, -0.2) is 0 Å². The average Bonchev–Trinajstić information content (AvgIpc) is 3.47. The van der Waals surface area contributed by atoms with E-state index in [1.807, 2.05) is 0 Å². The molecule has 0 amide bonds. The second kappa shape index (κ2) is 25.1. The lowest BCUT2D eigenvalue weighted by Crippen LogP contribution is -2.22. The van der Waals surface area contributed by atoms with Crippen molar-refractivity contribution in [2.75, 3.05) is 24.6 Å². The van der Waals surface area contributed by atoms with Gasteiger partial charge < -0.3 is 9.90 Å². The Balaban J connectivity index is 0.000000570. The summed E-state index contributed by atoms with van der Waals surface area (Å²) in [7, 11) is -0.679. The van der Waals surface area contributed by atoms with Gasteiger partial charge in [0.25, 0.3) is 0 Å². The number of unbranched alkanes of at least 4 members (excludes halogenated alkanes) is 16. The molecule has 0 unspecified atom stereocenters. The zero-order valence-corrected chi connectivity index (χ0v) is 28.3. The highest BCUT2D eigenvalue weighted by Gasteiger charge is 2.34. The van der Waals surface area contributed by atoms with E-state index < -0.39 is 13.2 Å². The van der Waals surface area contributed by atoms with E-state index in [0.29, 0.717) is 11.0 Å². The minimum absolute atomic E-state index is 0.0567. The third-order valence-electron chi connectivity index (χ3n) is 8.51. The summed E-state index contributed by atoms with van der Waals surface area (Å²) >= 11 is 0. The lowest BCUT2D eigenvalue weighted by Gasteiger charge is -2.28. The molecule has 0 saturated heterocycles. The van der Waals surface area contributed by atoms with Crippen LogP contribution in [0.2, 0.25) is 0 Å². The molecule has 0 spiro atoms.